The number of hydrogen-bond donors (Lipinski definition) is 1. The number of anilines is 1. The molecule has 2 aromatic rings. The van der Waals surface area contributed by atoms with Crippen LogP contribution in [0.5, 0.6) is 0 Å². The van der Waals surface area contributed by atoms with E-state index in [9.17, 15) is 9.59 Å². The molecule has 0 aliphatic carbocycles. The van der Waals surface area contributed by atoms with Gasteiger partial charge in [0.2, 0.25) is 0 Å². The number of fused-ring (bicyclic) bond motifs is 1. The van der Waals surface area contributed by atoms with Crippen LogP contribution in [0.15, 0.2) is 42.5 Å². The van der Waals surface area contributed by atoms with Crippen molar-refractivity contribution >= 4 is 17.5 Å². The van der Waals surface area contributed by atoms with E-state index < -0.39 is 0 Å². The van der Waals surface area contributed by atoms with E-state index in [2.05, 4.69) is 11.8 Å². The molecule has 0 bridgehead atoms. The molecule has 3 rings (SSSR count). The number of carbonyl (C=O) groups is 2. The van der Waals surface area contributed by atoms with Gasteiger partial charge < -0.3 is 5.11 Å². The zero-order chi connectivity index (χ0) is 17.1. The van der Waals surface area contributed by atoms with Crippen molar-refractivity contribution in [2.24, 2.45) is 0 Å². The van der Waals surface area contributed by atoms with Crippen molar-refractivity contribution in [3.05, 3.63) is 64.7 Å². The molecule has 0 atom stereocenters. The van der Waals surface area contributed by atoms with Crippen LogP contribution in [0.2, 0.25) is 0 Å². The second-order valence-corrected chi connectivity index (χ2v) is 5.46. The molecule has 1 heterocycles. The molecule has 0 fully saturated rings. The molecular weight excluding hydrogens is 302 g/mol. The Bertz CT molecular complexity index is 839. The summed E-state index contributed by atoms with van der Waals surface area (Å²) in [5.41, 5.74) is 3.19. The number of aryl methyl sites for hydroxylation is 1. The number of benzene rings is 2. The molecule has 2 aromatic carbocycles. The van der Waals surface area contributed by atoms with Gasteiger partial charge in [-0.1, -0.05) is 30.9 Å². The molecule has 0 saturated carbocycles. The number of rotatable bonds is 3. The van der Waals surface area contributed by atoms with E-state index in [-0.39, 0.29) is 18.4 Å². The number of carbonyl (C=O) groups excluding carboxylic acids is 2. The van der Waals surface area contributed by atoms with Gasteiger partial charge in [0.1, 0.15) is 0 Å². The predicted molar refractivity (Wildman–Crippen MR) is 92.0 cm³/mol. The van der Waals surface area contributed by atoms with Gasteiger partial charge in [-0.2, -0.15) is 0 Å². The minimum Gasteiger partial charge on any atom is -0.395 e. The van der Waals surface area contributed by atoms with Gasteiger partial charge in [-0.25, -0.2) is 4.90 Å². The van der Waals surface area contributed by atoms with Crippen LogP contribution in [0.25, 0.3) is 0 Å². The first-order valence-corrected chi connectivity index (χ1v) is 7.87. The Balaban J connectivity index is 2.00. The molecule has 120 valence electrons. The molecule has 4 nitrogen and oxygen atoms in total. The van der Waals surface area contributed by atoms with Crippen LogP contribution in [0, 0.1) is 11.8 Å². The van der Waals surface area contributed by atoms with Gasteiger partial charge in [0.25, 0.3) is 11.8 Å². The molecular formula is C20H17NO3. The second kappa shape index (κ2) is 6.69. The molecule has 0 unspecified atom stereocenters. The van der Waals surface area contributed by atoms with E-state index in [1.165, 1.54) is 4.90 Å². The topological polar surface area (TPSA) is 57.6 Å². The van der Waals surface area contributed by atoms with Gasteiger partial charge in [-0.05, 0) is 42.3 Å². The summed E-state index contributed by atoms with van der Waals surface area (Å²) in [5, 5.41) is 8.79. The maximum absolute atomic E-state index is 12.6. The van der Waals surface area contributed by atoms with Crippen LogP contribution < -0.4 is 4.90 Å². The summed E-state index contributed by atoms with van der Waals surface area (Å²) < 4.78 is 0. The molecule has 0 radical (unpaired) electrons. The van der Waals surface area contributed by atoms with Crippen molar-refractivity contribution in [3.8, 4) is 11.8 Å². The van der Waals surface area contributed by atoms with E-state index in [0.717, 1.165) is 11.1 Å². The highest BCUT2D eigenvalue weighted by Gasteiger charge is 2.37. The Morgan fingerprint density at radius 1 is 1.04 bits per heavy atom. The lowest BCUT2D eigenvalue weighted by molar-refractivity contribution is 0.0926. The average molecular weight is 319 g/mol. The number of hydrogen-bond acceptors (Lipinski definition) is 3. The van der Waals surface area contributed by atoms with Crippen molar-refractivity contribution in [1.82, 2.24) is 0 Å². The van der Waals surface area contributed by atoms with E-state index in [1.807, 2.05) is 13.0 Å². The van der Waals surface area contributed by atoms with E-state index >= 15 is 0 Å². The zero-order valence-corrected chi connectivity index (χ0v) is 13.4. The highest BCUT2D eigenvalue weighted by molar-refractivity contribution is 6.34. The fourth-order valence-corrected chi connectivity index (χ4v) is 2.79. The average Bonchev–Trinajstić information content (AvgIpc) is 2.86. The minimum absolute atomic E-state index is 0.0285. The standard InChI is InChI=1S/C20H17NO3/c1-2-15-13-14(7-5-6-12-22)10-11-18(15)21-19(23)16-8-3-4-9-17(16)20(21)24/h3-4,8-11,13,22H,2,6,12H2,1H3. The third-order valence-electron chi connectivity index (χ3n) is 3.96. The first-order valence-electron chi connectivity index (χ1n) is 7.87. The second-order valence-electron chi connectivity index (χ2n) is 5.46. The van der Waals surface area contributed by atoms with Crippen LogP contribution in [-0.2, 0) is 6.42 Å². The Morgan fingerprint density at radius 3 is 2.29 bits per heavy atom. The van der Waals surface area contributed by atoms with Gasteiger partial charge in [-0.3, -0.25) is 9.59 Å². The van der Waals surface area contributed by atoms with Crippen LogP contribution in [0.1, 0.15) is 45.2 Å². The summed E-state index contributed by atoms with van der Waals surface area (Å²) in [6, 6.07) is 12.3. The lowest BCUT2D eigenvalue weighted by Gasteiger charge is -2.18. The summed E-state index contributed by atoms with van der Waals surface area (Å²) in [7, 11) is 0. The fraction of sp³-hybridized carbons (Fsp3) is 0.200. The van der Waals surface area contributed by atoms with E-state index in [4.69, 9.17) is 5.11 Å². The van der Waals surface area contributed by atoms with Gasteiger partial charge in [0, 0.05) is 12.0 Å². The number of imide groups is 1. The highest BCUT2D eigenvalue weighted by Crippen LogP contribution is 2.31. The number of nitrogens with zero attached hydrogens (tertiary/aromatic N) is 1. The lowest BCUT2D eigenvalue weighted by Crippen LogP contribution is -2.30. The van der Waals surface area contributed by atoms with Gasteiger partial charge >= 0.3 is 0 Å². The first-order chi connectivity index (χ1) is 11.7. The summed E-state index contributed by atoms with van der Waals surface area (Å²) in [6.07, 6.45) is 1.10. The van der Waals surface area contributed by atoms with Crippen molar-refractivity contribution in [3.63, 3.8) is 0 Å². The van der Waals surface area contributed by atoms with Crippen LogP contribution >= 0.6 is 0 Å². The summed E-state index contributed by atoms with van der Waals surface area (Å²) in [4.78, 5) is 26.5. The van der Waals surface area contributed by atoms with Crippen molar-refractivity contribution in [1.29, 1.82) is 0 Å². The highest BCUT2D eigenvalue weighted by atomic mass is 16.2. The normalized spacial score (nSPS) is 12.8. The van der Waals surface area contributed by atoms with Gasteiger partial charge in [0.05, 0.1) is 23.4 Å². The van der Waals surface area contributed by atoms with Crippen LogP contribution in [-0.4, -0.2) is 23.5 Å². The van der Waals surface area contributed by atoms with Crippen LogP contribution in [0.3, 0.4) is 0 Å². The lowest BCUT2D eigenvalue weighted by atomic mass is 10.1. The Morgan fingerprint density at radius 2 is 1.71 bits per heavy atom. The van der Waals surface area contributed by atoms with Crippen LogP contribution in [0.4, 0.5) is 5.69 Å². The van der Waals surface area contributed by atoms with Gasteiger partial charge in [0.15, 0.2) is 0 Å². The molecule has 1 N–H and O–H groups in total. The zero-order valence-electron chi connectivity index (χ0n) is 13.4. The van der Waals surface area contributed by atoms with Crippen molar-refractivity contribution < 1.29 is 14.7 Å². The predicted octanol–water partition coefficient (Wildman–Crippen LogP) is 2.78. The number of aliphatic hydroxyl groups is 1. The number of amides is 2. The monoisotopic (exact) mass is 319 g/mol. The molecule has 4 heteroatoms. The molecule has 1 aliphatic heterocycles. The molecule has 2 amide bonds. The quantitative estimate of drug-likeness (QED) is 0.699. The molecule has 0 spiro atoms. The fourth-order valence-electron chi connectivity index (χ4n) is 2.79. The summed E-state index contributed by atoms with van der Waals surface area (Å²) in [6.45, 7) is 2.00. The SMILES string of the molecule is CCc1cc(C#CCCO)ccc1N1C(=O)c2ccccc2C1=O. The maximum atomic E-state index is 12.6. The Kier molecular flexibility index (Phi) is 4.45. The smallest absolute Gasteiger partial charge is 0.266 e. The van der Waals surface area contributed by atoms with E-state index in [1.54, 1.807) is 36.4 Å². The number of aliphatic hydroxyl groups excluding tert-OH is 1. The largest absolute Gasteiger partial charge is 0.395 e. The van der Waals surface area contributed by atoms with E-state index in [0.29, 0.717) is 29.7 Å². The molecule has 24 heavy (non-hydrogen) atoms. The molecule has 0 aromatic heterocycles. The molecule has 1 aliphatic rings. The van der Waals surface area contributed by atoms with Crippen molar-refractivity contribution in [2.75, 3.05) is 11.5 Å². The minimum atomic E-state index is -0.288. The Hall–Kier alpha value is -2.90. The maximum Gasteiger partial charge on any atom is 0.266 e. The third kappa shape index (κ3) is 2.70. The Labute approximate surface area is 140 Å². The summed E-state index contributed by atoms with van der Waals surface area (Å²) >= 11 is 0. The third-order valence-corrected chi connectivity index (χ3v) is 3.96. The van der Waals surface area contributed by atoms with Crippen molar-refractivity contribution in [2.45, 2.75) is 19.8 Å². The first kappa shape index (κ1) is 16.0. The summed E-state index contributed by atoms with van der Waals surface area (Å²) in [5.74, 6) is 5.28. The van der Waals surface area contributed by atoms with Gasteiger partial charge in [-0.15, -0.1) is 0 Å². The molecule has 0 saturated heterocycles.